The number of rotatable bonds is 4. The van der Waals surface area contributed by atoms with Crippen LogP contribution in [0.25, 0.3) is 10.9 Å². The lowest BCUT2D eigenvalue weighted by Crippen LogP contribution is -2.06. The van der Waals surface area contributed by atoms with E-state index in [1.165, 1.54) is 0 Å². The van der Waals surface area contributed by atoms with Gasteiger partial charge < -0.3 is 9.30 Å². The second-order valence-electron chi connectivity index (χ2n) is 4.17. The maximum absolute atomic E-state index is 6.16. The van der Waals surface area contributed by atoms with E-state index in [0.29, 0.717) is 16.1 Å². The van der Waals surface area contributed by atoms with E-state index in [2.05, 4.69) is 11.5 Å². The molecule has 0 aliphatic rings. The Labute approximate surface area is 111 Å². The lowest BCUT2D eigenvalue weighted by atomic mass is 10.2. The van der Waals surface area contributed by atoms with Crippen molar-refractivity contribution in [1.82, 2.24) is 4.57 Å². The number of nitrogens with zero attached hydrogens (tertiary/aromatic N) is 1. The van der Waals surface area contributed by atoms with Crippen LogP contribution in [0.5, 0.6) is 0 Å². The Morgan fingerprint density at radius 1 is 1.35 bits per heavy atom. The number of aromatic nitrogens is 1. The predicted octanol–water partition coefficient (Wildman–Crippen LogP) is 4.55. The molecule has 0 fully saturated rings. The van der Waals surface area contributed by atoms with Gasteiger partial charge in [-0.1, -0.05) is 23.2 Å². The van der Waals surface area contributed by atoms with Crippen LogP contribution in [0.1, 0.15) is 19.4 Å². The van der Waals surface area contributed by atoms with Gasteiger partial charge in [0.25, 0.3) is 0 Å². The molecule has 2 aromatic rings. The van der Waals surface area contributed by atoms with Gasteiger partial charge in [-0.15, -0.1) is 0 Å². The molecule has 2 nitrogen and oxygen atoms in total. The van der Waals surface area contributed by atoms with Crippen LogP contribution in [-0.4, -0.2) is 18.3 Å². The Hall–Kier alpha value is -0.700. The molecule has 1 atom stereocenters. The van der Waals surface area contributed by atoms with Crippen molar-refractivity contribution in [2.24, 2.45) is 0 Å². The molecule has 0 amide bonds. The van der Waals surface area contributed by atoms with Crippen molar-refractivity contribution in [3.8, 4) is 0 Å². The average molecular weight is 272 g/mol. The molecule has 2 rings (SSSR count). The number of fused-ring (bicyclic) bond motifs is 1. The van der Waals surface area contributed by atoms with Gasteiger partial charge in [0, 0.05) is 36.4 Å². The summed E-state index contributed by atoms with van der Waals surface area (Å²) >= 11 is 12.2. The van der Waals surface area contributed by atoms with Gasteiger partial charge in [-0.2, -0.15) is 0 Å². The van der Waals surface area contributed by atoms with Gasteiger partial charge in [0.2, 0.25) is 0 Å². The monoisotopic (exact) mass is 271 g/mol. The van der Waals surface area contributed by atoms with Crippen LogP contribution in [0.2, 0.25) is 10.0 Å². The molecule has 1 unspecified atom stereocenters. The summed E-state index contributed by atoms with van der Waals surface area (Å²) < 4.78 is 7.29. The van der Waals surface area contributed by atoms with E-state index in [4.69, 9.17) is 27.9 Å². The number of methoxy groups -OCH3 is 1. The van der Waals surface area contributed by atoms with E-state index < -0.39 is 0 Å². The molecular weight excluding hydrogens is 257 g/mol. The van der Waals surface area contributed by atoms with Gasteiger partial charge in [0.05, 0.1) is 10.5 Å². The number of ether oxygens (including phenoxy) is 1. The first-order valence-electron chi connectivity index (χ1n) is 5.58. The molecule has 0 radical (unpaired) electrons. The van der Waals surface area contributed by atoms with E-state index in [9.17, 15) is 0 Å². The average Bonchev–Trinajstić information content (AvgIpc) is 2.69. The second-order valence-corrected chi connectivity index (χ2v) is 5.02. The third-order valence-electron chi connectivity index (χ3n) is 2.97. The fourth-order valence-electron chi connectivity index (χ4n) is 2.00. The molecule has 92 valence electrons. The first-order chi connectivity index (χ1) is 8.13. The van der Waals surface area contributed by atoms with Crippen molar-refractivity contribution >= 4 is 34.1 Å². The minimum atomic E-state index is 0.363. The first kappa shape index (κ1) is 12.7. The second kappa shape index (κ2) is 5.30. The first-order valence-corrected chi connectivity index (χ1v) is 6.33. The Morgan fingerprint density at radius 3 is 2.82 bits per heavy atom. The fourth-order valence-corrected chi connectivity index (χ4v) is 2.54. The zero-order chi connectivity index (χ0) is 12.4. The highest BCUT2D eigenvalue weighted by Gasteiger charge is 2.10. The summed E-state index contributed by atoms with van der Waals surface area (Å²) in [7, 11) is 1.72. The lowest BCUT2D eigenvalue weighted by molar-refractivity contribution is 0.182. The van der Waals surface area contributed by atoms with Gasteiger partial charge in [0.15, 0.2) is 0 Å². The van der Waals surface area contributed by atoms with Crippen molar-refractivity contribution < 1.29 is 4.74 Å². The van der Waals surface area contributed by atoms with Gasteiger partial charge >= 0.3 is 0 Å². The number of hydrogen-bond acceptors (Lipinski definition) is 1. The molecular formula is C13H15Cl2NO. The molecule has 1 aromatic heterocycles. The number of hydrogen-bond donors (Lipinski definition) is 0. The lowest BCUT2D eigenvalue weighted by Gasteiger charge is -2.15. The Balaban J connectivity index is 2.41. The minimum Gasteiger partial charge on any atom is -0.385 e. The van der Waals surface area contributed by atoms with E-state index in [1.54, 1.807) is 13.2 Å². The molecule has 4 heteroatoms. The summed E-state index contributed by atoms with van der Waals surface area (Å²) in [5.41, 5.74) is 1.08. The van der Waals surface area contributed by atoms with Crippen LogP contribution in [0, 0.1) is 0 Å². The summed E-state index contributed by atoms with van der Waals surface area (Å²) in [4.78, 5) is 0. The van der Waals surface area contributed by atoms with Gasteiger partial charge in [-0.3, -0.25) is 0 Å². The maximum atomic E-state index is 6.16. The standard InChI is InChI=1S/C13H15Cl2NO/c1-9(4-6-17-2)16-5-3-11-12(15)7-10(14)8-13(11)16/h3,5,7-9H,4,6H2,1-2H3. The maximum Gasteiger partial charge on any atom is 0.0514 e. The van der Waals surface area contributed by atoms with Crippen molar-refractivity contribution in [3.63, 3.8) is 0 Å². The molecule has 1 aromatic carbocycles. The SMILES string of the molecule is COCCC(C)n1ccc2c(Cl)cc(Cl)cc21. The zero-order valence-corrected chi connectivity index (χ0v) is 11.4. The van der Waals surface area contributed by atoms with Crippen LogP contribution in [-0.2, 0) is 4.74 Å². The van der Waals surface area contributed by atoms with E-state index in [1.807, 2.05) is 18.3 Å². The molecule has 0 aliphatic carbocycles. The summed E-state index contributed by atoms with van der Waals surface area (Å²) in [6.45, 7) is 2.91. The minimum absolute atomic E-state index is 0.363. The molecule has 0 saturated heterocycles. The number of benzene rings is 1. The Kier molecular flexibility index (Phi) is 3.97. The Morgan fingerprint density at radius 2 is 2.12 bits per heavy atom. The summed E-state index contributed by atoms with van der Waals surface area (Å²) in [5, 5.41) is 2.41. The highest BCUT2D eigenvalue weighted by Crippen LogP contribution is 2.30. The third kappa shape index (κ3) is 2.59. The molecule has 0 bridgehead atoms. The van der Waals surface area contributed by atoms with Crippen LogP contribution >= 0.6 is 23.2 Å². The molecule has 1 heterocycles. The van der Waals surface area contributed by atoms with Crippen LogP contribution in [0.4, 0.5) is 0 Å². The predicted molar refractivity (Wildman–Crippen MR) is 73.2 cm³/mol. The fraction of sp³-hybridized carbons (Fsp3) is 0.385. The highest BCUT2D eigenvalue weighted by molar-refractivity contribution is 6.38. The van der Waals surface area contributed by atoms with Crippen LogP contribution in [0.15, 0.2) is 24.4 Å². The quantitative estimate of drug-likeness (QED) is 0.796. The van der Waals surface area contributed by atoms with E-state index >= 15 is 0 Å². The topological polar surface area (TPSA) is 14.2 Å². The summed E-state index contributed by atoms with van der Waals surface area (Å²) in [5.74, 6) is 0. The third-order valence-corrected chi connectivity index (χ3v) is 3.50. The van der Waals surface area contributed by atoms with Crippen molar-refractivity contribution in [2.75, 3.05) is 13.7 Å². The molecule has 0 aliphatic heterocycles. The molecule has 0 N–H and O–H groups in total. The van der Waals surface area contributed by atoms with E-state index in [-0.39, 0.29) is 0 Å². The molecule has 0 saturated carbocycles. The van der Waals surface area contributed by atoms with Crippen molar-refractivity contribution in [2.45, 2.75) is 19.4 Å². The largest absolute Gasteiger partial charge is 0.385 e. The van der Waals surface area contributed by atoms with E-state index in [0.717, 1.165) is 23.9 Å². The van der Waals surface area contributed by atoms with Crippen LogP contribution in [0.3, 0.4) is 0 Å². The summed E-state index contributed by atoms with van der Waals surface area (Å²) in [6, 6.07) is 6.11. The Bertz CT molecular complexity index is 521. The van der Waals surface area contributed by atoms with Gasteiger partial charge in [-0.05, 0) is 31.5 Å². The smallest absolute Gasteiger partial charge is 0.0514 e. The number of halogens is 2. The normalized spacial score (nSPS) is 13.2. The van der Waals surface area contributed by atoms with Crippen LogP contribution < -0.4 is 0 Å². The zero-order valence-electron chi connectivity index (χ0n) is 9.91. The van der Waals surface area contributed by atoms with Gasteiger partial charge in [-0.25, -0.2) is 0 Å². The van der Waals surface area contributed by atoms with Gasteiger partial charge in [0.1, 0.15) is 0 Å². The molecule has 17 heavy (non-hydrogen) atoms. The summed E-state index contributed by atoms with van der Waals surface area (Å²) in [6.07, 6.45) is 3.01. The van der Waals surface area contributed by atoms with Crippen molar-refractivity contribution in [1.29, 1.82) is 0 Å². The highest BCUT2D eigenvalue weighted by atomic mass is 35.5. The van der Waals surface area contributed by atoms with Crippen molar-refractivity contribution in [3.05, 3.63) is 34.4 Å². The molecule has 0 spiro atoms.